The van der Waals surface area contributed by atoms with Gasteiger partial charge in [-0.15, -0.1) is 0 Å². The van der Waals surface area contributed by atoms with Gasteiger partial charge in [-0.2, -0.15) is 0 Å². The van der Waals surface area contributed by atoms with E-state index in [1.54, 1.807) is 0 Å². The molecule has 4 heteroatoms. The molecule has 0 spiro atoms. The number of carbonyl (C=O) groups excluding carboxylic acids is 1. The number of ether oxygens (including phenoxy) is 1. The standard InChI is InChI=1S/C24H33O2P.Li.H/c1-7-8-9-14-26-20-10-12-21(13-11-20)27-23(25)22-17(2)15-19(16-18(22)3)24(4,5)6;;/h10-13,15-16,27H,7-9,14H2,1-6H3;;. The van der Waals surface area contributed by atoms with Crippen LogP contribution in [0.5, 0.6) is 5.75 Å². The molecule has 0 heterocycles. The van der Waals surface area contributed by atoms with Gasteiger partial charge in [0, 0.05) is 5.56 Å². The van der Waals surface area contributed by atoms with Crippen LogP contribution < -0.4 is 10.0 Å². The second-order valence-corrected chi connectivity index (χ2v) is 9.55. The van der Waals surface area contributed by atoms with Crippen molar-refractivity contribution in [3.63, 3.8) is 0 Å². The van der Waals surface area contributed by atoms with Crippen molar-refractivity contribution in [1.82, 2.24) is 0 Å². The molecule has 0 amide bonds. The van der Waals surface area contributed by atoms with Crippen LogP contribution in [0.15, 0.2) is 36.4 Å². The Morgan fingerprint density at radius 1 is 1.00 bits per heavy atom. The van der Waals surface area contributed by atoms with Crippen molar-refractivity contribution in [1.29, 1.82) is 0 Å². The van der Waals surface area contributed by atoms with Crippen molar-refractivity contribution in [3.8, 4) is 5.75 Å². The number of benzene rings is 2. The average molecular weight is 392 g/mol. The van der Waals surface area contributed by atoms with Crippen LogP contribution in [0.1, 0.15) is 74.0 Å². The fraction of sp³-hybridized carbons (Fsp3) is 0.458. The van der Waals surface area contributed by atoms with Crippen LogP contribution in [0.3, 0.4) is 0 Å². The van der Waals surface area contributed by atoms with Gasteiger partial charge >= 0.3 is 18.9 Å². The van der Waals surface area contributed by atoms with Crippen LogP contribution in [0.4, 0.5) is 0 Å². The number of aryl methyl sites for hydroxylation is 2. The first kappa shape index (κ1) is 25.0. The molecule has 2 rings (SSSR count). The van der Waals surface area contributed by atoms with Crippen LogP contribution in [-0.2, 0) is 5.41 Å². The predicted molar refractivity (Wildman–Crippen MR) is 126 cm³/mol. The molecule has 2 aromatic carbocycles. The molecule has 2 aromatic rings. The van der Waals surface area contributed by atoms with E-state index in [1.807, 2.05) is 38.1 Å². The van der Waals surface area contributed by atoms with Crippen molar-refractivity contribution >= 4 is 38.3 Å². The number of hydrogen-bond acceptors (Lipinski definition) is 2. The fourth-order valence-electron chi connectivity index (χ4n) is 3.12. The van der Waals surface area contributed by atoms with E-state index in [1.165, 1.54) is 18.4 Å². The van der Waals surface area contributed by atoms with E-state index in [4.69, 9.17) is 4.74 Å². The van der Waals surface area contributed by atoms with Crippen molar-refractivity contribution in [2.75, 3.05) is 6.61 Å². The Labute approximate surface area is 184 Å². The Balaban J connectivity index is 0.00000392. The van der Waals surface area contributed by atoms with Crippen LogP contribution in [0.2, 0.25) is 0 Å². The van der Waals surface area contributed by atoms with Gasteiger partial charge in [0.1, 0.15) is 5.75 Å². The summed E-state index contributed by atoms with van der Waals surface area (Å²) in [6.45, 7) is 13.7. The maximum absolute atomic E-state index is 12.9. The molecule has 0 N–H and O–H groups in total. The second-order valence-electron chi connectivity index (χ2n) is 8.27. The van der Waals surface area contributed by atoms with E-state index in [0.717, 1.165) is 40.8 Å². The van der Waals surface area contributed by atoms with E-state index in [0.29, 0.717) is 0 Å². The van der Waals surface area contributed by atoms with Gasteiger partial charge in [-0.3, -0.25) is 4.79 Å². The molecule has 0 aliphatic carbocycles. The summed E-state index contributed by atoms with van der Waals surface area (Å²) in [5.74, 6) is 0.883. The van der Waals surface area contributed by atoms with Gasteiger partial charge in [0.25, 0.3) is 0 Å². The monoisotopic (exact) mass is 392 g/mol. The molecular weight excluding hydrogens is 358 g/mol. The molecule has 0 saturated heterocycles. The summed E-state index contributed by atoms with van der Waals surface area (Å²) in [6.07, 6.45) is 3.48. The molecule has 0 bridgehead atoms. The van der Waals surface area contributed by atoms with Crippen LogP contribution in [-0.4, -0.2) is 31.0 Å². The SMILES string of the molecule is CCCCCOc1ccc(PC(=O)c2c(C)cc(C(C)(C)C)cc2C)cc1.[LiH]. The molecule has 2 nitrogen and oxygen atoms in total. The van der Waals surface area contributed by atoms with Gasteiger partial charge in [-0.25, -0.2) is 0 Å². The topological polar surface area (TPSA) is 26.3 Å². The molecule has 1 atom stereocenters. The molecule has 0 aliphatic rings. The number of unbranched alkanes of at least 4 members (excludes halogenated alkanes) is 2. The normalized spacial score (nSPS) is 11.5. The van der Waals surface area contributed by atoms with Gasteiger partial charge in [-0.05, 0) is 68.4 Å². The quantitative estimate of drug-likeness (QED) is 0.329. The number of carbonyl (C=O) groups is 1. The summed E-state index contributed by atoms with van der Waals surface area (Å²) >= 11 is 0. The molecule has 0 aromatic heterocycles. The van der Waals surface area contributed by atoms with Gasteiger partial charge in [0.15, 0.2) is 5.52 Å². The second kappa shape index (κ2) is 11.2. The first-order valence-corrected chi connectivity index (χ1v) is 10.9. The third kappa shape index (κ3) is 7.08. The van der Waals surface area contributed by atoms with E-state index in [-0.39, 0.29) is 38.4 Å². The Morgan fingerprint density at radius 3 is 2.07 bits per heavy atom. The minimum absolute atomic E-state index is 0. The Morgan fingerprint density at radius 2 is 1.57 bits per heavy atom. The maximum atomic E-state index is 12.9. The summed E-state index contributed by atoms with van der Waals surface area (Å²) in [4.78, 5) is 12.9. The van der Waals surface area contributed by atoms with E-state index < -0.39 is 0 Å². The van der Waals surface area contributed by atoms with Gasteiger partial charge in [0.2, 0.25) is 0 Å². The van der Waals surface area contributed by atoms with Crippen molar-refractivity contribution < 1.29 is 9.53 Å². The Bertz CT molecular complexity index is 753. The van der Waals surface area contributed by atoms with Crippen LogP contribution >= 0.6 is 8.58 Å². The molecule has 0 radical (unpaired) electrons. The summed E-state index contributed by atoms with van der Waals surface area (Å²) in [7, 11) is 0.136. The molecule has 1 unspecified atom stereocenters. The third-order valence-corrected chi connectivity index (χ3v) is 5.85. The summed E-state index contributed by atoms with van der Waals surface area (Å²) < 4.78 is 5.75. The Hall–Kier alpha value is -1.06. The minimum atomic E-state index is 0. The summed E-state index contributed by atoms with van der Waals surface area (Å²) in [6, 6.07) is 12.3. The van der Waals surface area contributed by atoms with Crippen molar-refractivity contribution in [3.05, 3.63) is 58.7 Å². The van der Waals surface area contributed by atoms with Crippen LogP contribution in [0.25, 0.3) is 0 Å². The predicted octanol–water partition coefficient (Wildman–Crippen LogP) is 5.67. The van der Waals surface area contributed by atoms with E-state index in [9.17, 15) is 4.79 Å². The third-order valence-electron chi connectivity index (χ3n) is 4.75. The summed E-state index contributed by atoms with van der Waals surface area (Å²) in [5, 5.41) is 1.06. The average Bonchev–Trinajstić information content (AvgIpc) is 2.58. The first-order valence-electron chi connectivity index (χ1n) is 9.88. The Kier molecular flexibility index (Phi) is 10.00. The molecule has 0 fully saturated rings. The van der Waals surface area contributed by atoms with Gasteiger partial charge in [-0.1, -0.05) is 64.8 Å². The molecular formula is C24H34LiO2P. The molecule has 148 valence electrons. The zero-order chi connectivity index (χ0) is 20.0. The van der Waals surface area contributed by atoms with Crippen molar-refractivity contribution in [2.24, 2.45) is 0 Å². The van der Waals surface area contributed by atoms with Crippen LogP contribution in [0, 0.1) is 13.8 Å². The van der Waals surface area contributed by atoms with Gasteiger partial charge < -0.3 is 4.74 Å². The van der Waals surface area contributed by atoms with E-state index in [2.05, 4.69) is 39.8 Å². The number of hydrogen-bond donors (Lipinski definition) is 0. The van der Waals surface area contributed by atoms with Gasteiger partial charge in [0.05, 0.1) is 6.61 Å². The first-order chi connectivity index (χ1) is 12.7. The number of rotatable bonds is 8. The fourth-order valence-corrected chi connectivity index (χ4v) is 4.24. The zero-order valence-electron chi connectivity index (χ0n) is 17.6. The molecule has 0 saturated carbocycles. The van der Waals surface area contributed by atoms with E-state index >= 15 is 0 Å². The van der Waals surface area contributed by atoms with Crippen molar-refractivity contribution in [2.45, 2.75) is 66.2 Å². The molecule has 28 heavy (non-hydrogen) atoms. The zero-order valence-corrected chi connectivity index (χ0v) is 18.6. The molecule has 0 aliphatic heterocycles. The summed E-state index contributed by atoms with van der Waals surface area (Å²) in [5.41, 5.74) is 4.61.